The number of fused-ring (bicyclic) bond motifs is 1. The molecular weight excluding hydrogens is 592 g/mol. The third-order valence-electron chi connectivity index (χ3n) is 6.45. The maximum atomic E-state index is 13.3. The van der Waals surface area contributed by atoms with Gasteiger partial charge in [-0.25, -0.2) is 9.97 Å². The quantitative estimate of drug-likeness (QED) is 0.177. The van der Waals surface area contributed by atoms with Crippen molar-refractivity contribution in [1.29, 1.82) is 0 Å². The zero-order valence-corrected chi connectivity index (χ0v) is 24.4. The highest BCUT2D eigenvalue weighted by molar-refractivity contribution is 9.10. The first kappa shape index (κ1) is 27.9. The van der Waals surface area contributed by atoms with Gasteiger partial charge in [-0.3, -0.25) is 19.6 Å². The number of nitrogens with two attached hydrogens (primary N) is 1. The number of benzene rings is 2. The number of hydrogen-bond donors (Lipinski definition) is 3. The van der Waals surface area contributed by atoms with Crippen LogP contribution in [-0.4, -0.2) is 49.8 Å². The van der Waals surface area contributed by atoms with Gasteiger partial charge in [-0.2, -0.15) is 5.10 Å². The van der Waals surface area contributed by atoms with Crippen LogP contribution in [0.2, 0.25) is 0 Å². The number of rotatable bonds is 11. The highest BCUT2D eigenvalue weighted by atomic mass is 79.9. The fraction of sp³-hybridized carbons (Fsp3) is 0.250. The summed E-state index contributed by atoms with van der Waals surface area (Å²) in [6, 6.07) is 13.0. The minimum absolute atomic E-state index is 0.253. The Kier molecular flexibility index (Phi) is 8.06. The first-order valence-corrected chi connectivity index (χ1v) is 13.8. The number of halogens is 1. The predicted octanol–water partition coefficient (Wildman–Crippen LogP) is 4.84. The summed E-state index contributed by atoms with van der Waals surface area (Å²) in [6.45, 7) is 5.26. The van der Waals surface area contributed by atoms with Gasteiger partial charge in [-0.05, 0) is 44.5 Å². The lowest BCUT2D eigenvalue weighted by Gasteiger charge is -2.13. The molecule has 41 heavy (non-hydrogen) atoms. The summed E-state index contributed by atoms with van der Waals surface area (Å²) in [6.07, 6.45) is 2.29. The summed E-state index contributed by atoms with van der Waals surface area (Å²) in [7, 11) is 1.50. The molecule has 0 aliphatic rings. The standard InChI is InChI=1S/C28H29BrN8O4/c1-4-37-21(12-16(2)35-37)26(39)34-27-33-20-13-17(25(30)38)14-22(40-3)24(20)36(27)11-7-10-31-28-32-15-23(41-28)18-8-5-6-9-19(18)29/h5-6,8-9,12-15H,4,7,10-11H2,1-3H3,(H2,30,38)(H,31,32)(H,33,34,39). The van der Waals surface area contributed by atoms with Crippen LogP contribution in [0.25, 0.3) is 22.4 Å². The molecular formula is C28H29BrN8O4. The molecule has 12 nitrogen and oxygen atoms in total. The molecule has 3 heterocycles. The van der Waals surface area contributed by atoms with Gasteiger partial charge in [-0.1, -0.05) is 34.1 Å². The predicted molar refractivity (Wildman–Crippen MR) is 158 cm³/mol. The number of carbonyl (C=O) groups is 2. The molecule has 0 aliphatic heterocycles. The summed E-state index contributed by atoms with van der Waals surface area (Å²) in [5.41, 5.74) is 8.93. The Bertz CT molecular complexity index is 1740. The molecule has 0 fully saturated rings. The van der Waals surface area contributed by atoms with E-state index in [2.05, 4.69) is 41.6 Å². The van der Waals surface area contributed by atoms with Gasteiger partial charge in [0.2, 0.25) is 11.9 Å². The van der Waals surface area contributed by atoms with Crippen molar-refractivity contribution in [3.8, 4) is 17.1 Å². The number of oxazole rings is 1. The lowest BCUT2D eigenvalue weighted by Crippen LogP contribution is -2.20. The zero-order chi connectivity index (χ0) is 29.1. The summed E-state index contributed by atoms with van der Waals surface area (Å²) in [5, 5.41) is 10.5. The van der Waals surface area contributed by atoms with Crippen LogP contribution in [0.15, 0.2) is 57.6 Å². The van der Waals surface area contributed by atoms with Crippen molar-refractivity contribution in [2.24, 2.45) is 5.73 Å². The van der Waals surface area contributed by atoms with Gasteiger partial charge in [0.15, 0.2) is 5.76 Å². The third-order valence-corrected chi connectivity index (χ3v) is 7.14. The molecule has 5 rings (SSSR count). The lowest BCUT2D eigenvalue weighted by atomic mass is 10.1. The fourth-order valence-electron chi connectivity index (χ4n) is 4.55. The van der Waals surface area contributed by atoms with Crippen LogP contribution in [0.5, 0.6) is 5.75 Å². The van der Waals surface area contributed by atoms with E-state index < -0.39 is 5.91 Å². The Morgan fingerprint density at radius 1 is 1.20 bits per heavy atom. The molecule has 0 unspecified atom stereocenters. The summed E-state index contributed by atoms with van der Waals surface area (Å²) in [4.78, 5) is 34.1. The Balaban J connectivity index is 1.39. The Labute approximate surface area is 244 Å². The van der Waals surface area contributed by atoms with Crippen molar-refractivity contribution in [2.45, 2.75) is 33.4 Å². The normalized spacial score (nSPS) is 11.1. The van der Waals surface area contributed by atoms with Gasteiger partial charge >= 0.3 is 0 Å². The minimum Gasteiger partial charge on any atom is -0.494 e. The van der Waals surface area contributed by atoms with Gasteiger partial charge in [0.25, 0.3) is 11.9 Å². The Hall–Kier alpha value is -4.65. The number of primary amides is 1. The van der Waals surface area contributed by atoms with Gasteiger partial charge in [-0.15, -0.1) is 0 Å². The SMILES string of the molecule is CCn1nc(C)cc1C(=O)Nc1nc2cc(C(N)=O)cc(OC)c2n1CCCNc1ncc(-c2ccccc2Br)o1. The van der Waals surface area contributed by atoms with E-state index in [4.69, 9.17) is 14.9 Å². The number of carbonyl (C=O) groups excluding carboxylic acids is 2. The lowest BCUT2D eigenvalue weighted by molar-refractivity contribution is 0.0995. The molecule has 0 atom stereocenters. The zero-order valence-electron chi connectivity index (χ0n) is 22.8. The largest absolute Gasteiger partial charge is 0.494 e. The Morgan fingerprint density at radius 3 is 2.73 bits per heavy atom. The highest BCUT2D eigenvalue weighted by Crippen LogP contribution is 2.32. The molecule has 0 saturated carbocycles. The van der Waals surface area contributed by atoms with E-state index in [1.165, 1.54) is 7.11 Å². The summed E-state index contributed by atoms with van der Waals surface area (Å²) >= 11 is 3.53. The molecule has 0 aliphatic carbocycles. The molecule has 4 N–H and O–H groups in total. The van der Waals surface area contributed by atoms with Crippen molar-refractivity contribution < 1.29 is 18.7 Å². The molecule has 0 saturated heterocycles. The fourth-order valence-corrected chi connectivity index (χ4v) is 5.03. The van der Waals surface area contributed by atoms with E-state index in [1.54, 1.807) is 29.1 Å². The van der Waals surface area contributed by atoms with E-state index in [1.807, 2.05) is 42.7 Å². The van der Waals surface area contributed by atoms with Gasteiger partial charge in [0.1, 0.15) is 17.0 Å². The maximum Gasteiger partial charge on any atom is 0.295 e. The molecule has 0 radical (unpaired) electrons. The molecule has 2 aromatic carbocycles. The monoisotopic (exact) mass is 620 g/mol. The van der Waals surface area contributed by atoms with Gasteiger partial charge in [0, 0.05) is 35.2 Å². The third kappa shape index (κ3) is 5.80. The van der Waals surface area contributed by atoms with Crippen molar-refractivity contribution in [2.75, 3.05) is 24.3 Å². The number of ether oxygens (including phenoxy) is 1. The van der Waals surface area contributed by atoms with Crippen LogP contribution in [0.3, 0.4) is 0 Å². The molecule has 212 valence electrons. The summed E-state index contributed by atoms with van der Waals surface area (Å²) < 4.78 is 15.9. The van der Waals surface area contributed by atoms with Crippen LogP contribution in [-0.2, 0) is 13.1 Å². The summed E-state index contributed by atoms with van der Waals surface area (Å²) in [5.74, 6) is 0.402. The maximum absolute atomic E-state index is 13.3. The average molecular weight is 621 g/mol. The van der Waals surface area contributed by atoms with E-state index in [9.17, 15) is 9.59 Å². The van der Waals surface area contributed by atoms with E-state index >= 15 is 0 Å². The van der Waals surface area contributed by atoms with Crippen LogP contribution in [0.4, 0.5) is 12.0 Å². The minimum atomic E-state index is -0.607. The molecule has 0 bridgehead atoms. The second-order valence-electron chi connectivity index (χ2n) is 9.23. The first-order chi connectivity index (χ1) is 19.8. The highest BCUT2D eigenvalue weighted by Gasteiger charge is 2.21. The first-order valence-electron chi connectivity index (χ1n) is 13.0. The molecule has 13 heteroatoms. The number of aryl methyl sites for hydroxylation is 3. The number of nitrogens with one attached hydrogen (secondary N) is 2. The number of imidazole rings is 1. The van der Waals surface area contributed by atoms with Crippen molar-refractivity contribution in [1.82, 2.24) is 24.3 Å². The van der Waals surface area contributed by atoms with Crippen LogP contribution >= 0.6 is 15.9 Å². The van der Waals surface area contributed by atoms with Crippen LogP contribution in [0, 0.1) is 6.92 Å². The van der Waals surface area contributed by atoms with E-state index in [0.717, 1.165) is 15.7 Å². The van der Waals surface area contributed by atoms with Gasteiger partial charge in [0.05, 0.1) is 24.5 Å². The van der Waals surface area contributed by atoms with Crippen LogP contribution in [0.1, 0.15) is 39.9 Å². The number of hydrogen-bond acceptors (Lipinski definition) is 8. The number of methoxy groups -OCH3 is 1. The van der Waals surface area contributed by atoms with Crippen molar-refractivity contribution in [3.63, 3.8) is 0 Å². The second-order valence-corrected chi connectivity index (χ2v) is 10.1. The Morgan fingerprint density at radius 2 is 2.00 bits per heavy atom. The van der Waals surface area contributed by atoms with Crippen molar-refractivity contribution in [3.05, 3.63) is 70.1 Å². The van der Waals surface area contributed by atoms with E-state index in [-0.39, 0.29) is 11.5 Å². The molecule has 3 aromatic heterocycles. The molecule has 5 aromatic rings. The second kappa shape index (κ2) is 11.8. The topological polar surface area (TPSA) is 155 Å². The average Bonchev–Trinajstić information content (AvgIpc) is 3.67. The number of aromatic nitrogens is 5. The molecule has 0 spiro atoms. The van der Waals surface area contributed by atoms with Crippen molar-refractivity contribution >= 4 is 50.7 Å². The van der Waals surface area contributed by atoms with E-state index in [0.29, 0.717) is 66.3 Å². The number of amides is 2. The number of nitrogens with zero attached hydrogens (tertiary/aromatic N) is 5. The smallest absolute Gasteiger partial charge is 0.295 e. The van der Waals surface area contributed by atoms with Gasteiger partial charge < -0.3 is 24.8 Å². The number of anilines is 2. The molecule has 2 amide bonds. The van der Waals surface area contributed by atoms with Crippen LogP contribution < -0.4 is 21.1 Å².